The number of imidazole rings is 1. The van der Waals surface area contributed by atoms with Crippen LogP contribution in [0.5, 0.6) is 5.75 Å². The molecular weight excluding hydrogens is 502 g/mol. The normalized spacial score (nSPS) is 11.7. The van der Waals surface area contributed by atoms with Gasteiger partial charge >= 0.3 is 0 Å². The third-order valence-electron chi connectivity index (χ3n) is 5.66. The highest BCUT2D eigenvalue weighted by molar-refractivity contribution is 7.92. The van der Waals surface area contributed by atoms with Crippen molar-refractivity contribution in [3.8, 4) is 17.1 Å². The second-order valence-electron chi connectivity index (χ2n) is 8.34. The molecule has 0 spiro atoms. The van der Waals surface area contributed by atoms with E-state index < -0.39 is 10.0 Å². The lowest BCUT2D eigenvalue weighted by Gasteiger charge is -2.13. The lowest BCUT2D eigenvalue weighted by atomic mass is 10.2. The van der Waals surface area contributed by atoms with Crippen LogP contribution in [0.1, 0.15) is 44.6 Å². The summed E-state index contributed by atoms with van der Waals surface area (Å²) in [6.45, 7) is 6.06. The Morgan fingerprint density at radius 3 is 2.56 bits per heavy atom. The zero-order valence-corrected chi connectivity index (χ0v) is 21.9. The second kappa shape index (κ2) is 10.7. The van der Waals surface area contributed by atoms with Crippen LogP contribution in [-0.2, 0) is 16.4 Å². The minimum absolute atomic E-state index is 0.0105. The lowest BCUT2D eigenvalue weighted by molar-refractivity contribution is 0.341. The Bertz CT molecular complexity index is 1550. The number of aryl methyl sites for hydroxylation is 2. The molecule has 0 fully saturated rings. The molecule has 9 nitrogen and oxygen atoms in total. The number of aromatic amines is 1. The summed E-state index contributed by atoms with van der Waals surface area (Å²) in [5.41, 5.74) is 1.32. The van der Waals surface area contributed by atoms with Crippen LogP contribution in [-0.4, -0.2) is 34.6 Å². The van der Waals surface area contributed by atoms with Gasteiger partial charge in [-0.05, 0) is 62.7 Å². The fraction of sp³-hybridized carbons (Fsp3) is 0.320. The molecule has 2 aromatic carbocycles. The van der Waals surface area contributed by atoms with Gasteiger partial charge < -0.3 is 9.72 Å². The molecule has 11 heteroatoms. The molecule has 0 unspecified atom stereocenters. The van der Waals surface area contributed by atoms with E-state index in [1.54, 1.807) is 41.8 Å². The van der Waals surface area contributed by atoms with Crippen LogP contribution in [0.15, 0.2) is 52.2 Å². The van der Waals surface area contributed by atoms with E-state index in [9.17, 15) is 13.2 Å². The first-order valence-electron chi connectivity index (χ1n) is 11.8. The van der Waals surface area contributed by atoms with Crippen molar-refractivity contribution in [2.45, 2.75) is 51.3 Å². The number of aromatic nitrogens is 4. The SMILES string of the molecule is CCCCCc1nc(C)c2c(=O)[nH]c(-c3cc(S(=O)(=O)Nc4ccc(Cl)cc4)ccc3OCC)nn12. The molecule has 0 saturated heterocycles. The van der Waals surface area contributed by atoms with Gasteiger partial charge in [0.15, 0.2) is 11.3 Å². The fourth-order valence-corrected chi connectivity index (χ4v) is 5.14. The average molecular weight is 530 g/mol. The number of fused-ring (bicyclic) bond motifs is 1. The lowest BCUT2D eigenvalue weighted by Crippen LogP contribution is -2.17. The number of halogens is 1. The van der Waals surface area contributed by atoms with Crippen molar-refractivity contribution >= 4 is 32.8 Å². The number of hydrogen-bond donors (Lipinski definition) is 2. The first-order valence-corrected chi connectivity index (χ1v) is 13.6. The van der Waals surface area contributed by atoms with Gasteiger partial charge in [0.1, 0.15) is 11.6 Å². The monoisotopic (exact) mass is 529 g/mol. The molecule has 36 heavy (non-hydrogen) atoms. The van der Waals surface area contributed by atoms with Crippen molar-refractivity contribution in [1.82, 2.24) is 19.6 Å². The summed E-state index contributed by atoms with van der Waals surface area (Å²) in [5.74, 6) is 1.28. The second-order valence-corrected chi connectivity index (χ2v) is 10.5. The Morgan fingerprint density at radius 2 is 1.86 bits per heavy atom. The van der Waals surface area contributed by atoms with E-state index in [0.29, 0.717) is 52.1 Å². The number of H-pyrrole nitrogens is 1. The molecule has 190 valence electrons. The highest BCUT2D eigenvalue weighted by Gasteiger charge is 2.21. The van der Waals surface area contributed by atoms with Crippen molar-refractivity contribution in [2.75, 3.05) is 11.3 Å². The fourth-order valence-electron chi connectivity index (χ4n) is 3.93. The van der Waals surface area contributed by atoms with Crippen LogP contribution in [0.3, 0.4) is 0 Å². The zero-order valence-electron chi connectivity index (χ0n) is 20.3. The largest absolute Gasteiger partial charge is 0.493 e. The van der Waals surface area contributed by atoms with Crippen LogP contribution in [0, 0.1) is 6.92 Å². The summed E-state index contributed by atoms with van der Waals surface area (Å²) in [6.07, 6.45) is 3.70. The van der Waals surface area contributed by atoms with E-state index in [0.717, 1.165) is 19.3 Å². The molecule has 2 heterocycles. The van der Waals surface area contributed by atoms with Crippen molar-refractivity contribution < 1.29 is 13.2 Å². The third-order valence-corrected chi connectivity index (χ3v) is 7.29. The predicted molar refractivity (Wildman–Crippen MR) is 140 cm³/mol. The highest BCUT2D eigenvalue weighted by Crippen LogP contribution is 2.31. The number of unbranched alkanes of at least 4 members (excludes halogenated alkanes) is 2. The molecule has 0 atom stereocenters. The summed E-state index contributed by atoms with van der Waals surface area (Å²) >= 11 is 5.90. The third kappa shape index (κ3) is 5.39. The van der Waals surface area contributed by atoms with Gasteiger partial charge in [0, 0.05) is 17.1 Å². The average Bonchev–Trinajstić information content (AvgIpc) is 3.16. The van der Waals surface area contributed by atoms with Crippen LogP contribution < -0.4 is 15.0 Å². The number of hydrogen-bond acceptors (Lipinski definition) is 6. The number of rotatable bonds is 10. The van der Waals surface area contributed by atoms with Crippen LogP contribution >= 0.6 is 11.6 Å². The Kier molecular flexibility index (Phi) is 7.65. The van der Waals surface area contributed by atoms with Gasteiger partial charge in [-0.2, -0.15) is 0 Å². The summed E-state index contributed by atoms with van der Waals surface area (Å²) in [5, 5.41) is 5.15. The van der Waals surface area contributed by atoms with Crippen molar-refractivity contribution in [2.24, 2.45) is 0 Å². The van der Waals surface area contributed by atoms with Gasteiger partial charge in [-0.3, -0.25) is 9.52 Å². The molecule has 2 N–H and O–H groups in total. The van der Waals surface area contributed by atoms with Crippen molar-refractivity contribution in [3.05, 3.63) is 69.4 Å². The van der Waals surface area contributed by atoms with Gasteiger partial charge in [0.25, 0.3) is 15.6 Å². The number of sulfonamides is 1. The molecule has 4 rings (SSSR count). The van der Waals surface area contributed by atoms with Gasteiger partial charge in [-0.15, -0.1) is 5.10 Å². The van der Waals surface area contributed by atoms with E-state index in [-0.39, 0.29) is 16.3 Å². The number of nitrogens with one attached hydrogen (secondary N) is 2. The minimum Gasteiger partial charge on any atom is -0.493 e. The smallest absolute Gasteiger partial charge is 0.277 e. The number of benzene rings is 2. The van der Waals surface area contributed by atoms with Crippen molar-refractivity contribution in [1.29, 1.82) is 0 Å². The molecule has 0 saturated carbocycles. The van der Waals surface area contributed by atoms with Crippen molar-refractivity contribution in [3.63, 3.8) is 0 Å². The summed E-state index contributed by atoms with van der Waals surface area (Å²) in [4.78, 5) is 20.4. The van der Waals surface area contributed by atoms with E-state index in [2.05, 4.69) is 26.7 Å². The molecule has 0 aliphatic rings. The van der Waals surface area contributed by atoms with E-state index >= 15 is 0 Å². The van der Waals surface area contributed by atoms with E-state index in [1.807, 2.05) is 6.92 Å². The Hall–Kier alpha value is -3.37. The Labute approximate surface area is 214 Å². The Morgan fingerprint density at radius 1 is 1.11 bits per heavy atom. The molecule has 4 aromatic rings. The molecule has 0 radical (unpaired) electrons. The van der Waals surface area contributed by atoms with Gasteiger partial charge in [-0.25, -0.2) is 17.9 Å². The van der Waals surface area contributed by atoms with Crippen LogP contribution in [0.2, 0.25) is 5.02 Å². The standard InChI is InChI=1S/C25H28ClN5O4S/c1-4-6-7-8-22-27-16(3)23-25(32)28-24(29-31(22)23)20-15-19(13-14-21(20)35-5-2)36(33,34)30-18-11-9-17(26)10-12-18/h9-15,30H,4-8H2,1-3H3,(H,28,29,32). The van der Waals surface area contributed by atoms with Crippen LogP contribution in [0.4, 0.5) is 5.69 Å². The minimum atomic E-state index is -3.95. The number of nitrogens with zero attached hydrogens (tertiary/aromatic N) is 3. The molecule has 2 aromatic heterocycles. The quantitative estimate of drug-likeness (QED) is 0.280. The maximum atomic E-state index is 13.1. The molecule has 0 amide bonds. The molecular formula is C25H28ClN5O4S. The van der Waals surface area contributed by atoms with E-state index in [4.69, 9.17) is 16.3 Å². The molecule has 0 aliphatic heterocycles. The molecule has 0 aliphatic carbocycles. The first-order chi connectivity index (χ1) is 17.2. The molecule has 0 bridgehead atoms. The van der Waals surface area contributed by atoms with Gasteiger partial charge in [-0.1, -0.05) is 31.4 Å². The predicted octanol–water partition coefficient (Wildman–Crippen LogP) is 4.98. The zero-order chi connectivity index (χ0) is 25.9. The maximum Gasteiger partial charge on any atom is 0.277 e. The topological polar surface area (TPSA) is 118 Å². The van der Waals surface area contributed by atoms with Gasteiger partial charge in [0.05, 0.1) is 22.8 Å². The van der Waals surface area contributed by atoms with Crippen LogP contribution in [0.25, 0.3) is 16.9 Å². The Balaban J connectivity index is 1.81. The summed E-state index contributed by atoms with van der Waals surface area (Å²) in [6, 6.07) is 10.8. The summed E-state index contributed by atoms with van der Waals surface area (Å²) in [7, 11) is -3.95. The summed E-state index contributed by atoms with van der Waals surface area (Å²) < 4.78 is 36.1. The highest BCUT2D eigenvalue weighted by atomic mass is 35.5. The first kappa shape index (κ1) is 25.7. The maximum absolute atomic E-state index is 13.1. The number of ether oxygens (including phenoxy) is 1. The number of anilines is 1. The van der Waals surface area contributed by atoms with Gasteiger partial charge in [0.2, 0.25) is 0 Å². The van der Waals surface area contributed by atoms with E-state index in [1.165, 1.54) is 12.1 Å².